The van der Waals surface area contributed by atoms with Crippen LogP contribution in [-0.2, 0) is 9.59 Å². The average Bonchev–Trinajstić information content (AvgIpc) is 2.46. The van der Waals surface area contributed by atoms with E-state index in [1.54, 1.807) is 13.8 Å². The fraction of sp³-hybridized carbons (Fsp3) is 0.467. The summed E-state index contributed by atoms with van der Waals surface area (Å²) in [6.45, 7) is 5.37. The molecule has 0 spiro atoms. The van der Waals surface area contributed by atoms with E-state index < -0.39 is 29.0 Å². The number of benzene rings is 1. The number of hydrogen-bond donors (Lipinski definition) is 1. The third-order valence-corrected chi connectivity index (χ3v) is 2.94. The van der Waals surface area contributed by atoms with Crippen molar-refractivity contribution in [1.29, 1.82) is 0 Å². The molecule has 1 aromatic carbocycles. The van der Waals surface area contributed by atoms with Gasteiger partial charge < -0.3 is 10.2 Å². The summed E-state index contributed by atoms with van der Waals surface area (Å²) in [6.07, 6.45) is 0.658. The predicted octanol–water partition coefficient (Wildman–Crippen LogP) is 2.94. The van der Waals surface area contributed by atoms with Crippen LogP contribution in [0.4, 0.5) is 18.9 Å². The van der Waals surface area contributed by atoms with Crippen LogP contribution in [-0.4, -0.2) is 29.8 Å². The zero-order valence-electron chi connectivity index (χ0n) is 12.8. The Kier molecular flexibility index (Phi) is 6.39. The SMILES string of the molecule is CCCN(CC(=O)Nc1ccc(F)c(F)c1F)C(=O)C(C)C. The summed E-state index contributed by atoms with van der Waals surface area (Å²) in [5, 5.41) is 2.15. The molecule has 0 saturated carbocycles. The standard InChI is InChI=1S/C15H19F3N2O2/c1-4-7-20(15(22)9(2)3)8-12(21)19-11-6-5-10(16)13(17)14(11)18/h5-6,9H,4,7-8H2,1-3H3,(H,19,21). The lowest BCUT2D eigenvalue weighted by Gasteiger charge is -2.23. The maximum atomic E-state index is 13.5. The number of halogens is 3. The molecular weight excluding hydrogens is 297 g/mol. The van der Waals surface area contributed by atoms with Crippen LogP contribution in [0.3, 0.4) is 0 Å². The molecule has 0 radical (unpaired) electrons. The molecule has 1 aromatic rings. The smallest absolute Gasteiger partial charge is 0.244 e. The Morgan fingerprint density at radius 2 is 1.82 bits per heavy atom. The van der Waals surface area contributed by atoms with Gasteiger partial charge in [0.15, 0.2) is 17.5 Å². The van der Waals surface area contributed by atoms with E-state index in [0.717, 1.165) is 12.1 Å². The number of hydrogen-bond acceptors (Lipinski definition) is 2. The summed E-state index contributed by atoms with van der Waals surface area (Å²) in [5.41, 5.74) is -0.461. The van der Waals surface area contributed by atoms with Crippen molar-refractivity contribution in [2.24, 2.45) is 5.92 Å². The molecular formula is C15H19F3N2O2. The van der Waals surface area contributed by atoms with Gasteiger partial charge in [-0.15, -0.1) is 0 Å². The van der Waals surface area contributed by atoms with E-state index in [9.17, 15) is 22.8 Å². The number of rotatable bonds is 6. The lowest BCUT2D eigenvalue weighted by Crippen LogP contribution is -2.40. The quantitative estimate of drug-likeness (QED) is 0.820. The highest BCUT2D eigenvalue weighted by molar-refractivity contribution is 5.94. The largest absolute Gasteiger partial charge is 0.333 e. The van der Waals surface area contributed by atoms with Gasteiger partial charge in [0, 0.05) is 12.5 Å². The summed E-state index contributed by atoms with van der Waals surface area (Å²) in [6, 6.07) is 1.65. The van der Waals surface area contributed by atoms with E-state index in [4.69, 9.17) is 0 Å². The summed E-state index contributed by atoms with van der Waals surface area (Å²) in [7, 11) is 0. The third kappa shape index (κ3) is 4.47. The fourth-order valence-corrected chi connectivity index (χ4v) is 1.89. The Bertz CT molecular complexity index is 562. The van der Waals surface area contributed by atoms with E-state index in [1.807, 2.05) is 6.92 Å². The second-order valence-electron chi connectivity index (χ2n) is 5.19. The number of nitrogens with one attached hydrogen (secondary N) is 1. The van der Waals surface area contributed by atoms with Gasteiger partial charge in [-0.05, 0) is 18.6 Å². The molecule has 122 valence electrons. The molecule has 1 N–H and O–H groups in total. The number of anilines is 1. The van der Waals surface area contributed by atoms with Crippen LogP contribution < -0.4 is 5.32 Å². The molecule has 0 unspecified atom stereocenters. The van der Waals surface area contributed by atoms with Gasteiger partial charge >= 0.3 is 0 Å². The molecule has 4 nitrogen and oxygen atoms in total. The normalized spacial score (nSPS) is 10.7. The highest BCUT2D eigenvalue weighted by atomic mass is 19.2. The zero-order chi connectivity index (χ0) is 16.9. The summed E-state index contributed by atoms with van der Waals surface area (Å²) in [5.74, 6) is -5.61. The fourth-order valence-electron chi connectivity index (χ4n) is 1.89. The molecule has 22 heavy (non-hydrogen) atoms. The second-order valence-corrected chi connectivity index (χ2v) is 5.19. The van der Waals surface area contributed by atoms with Crippen molar-refractivity contribution in [3.8, 4) is 0 Å². The van der Waals surface area contributed by atoms with Gasteiger partial charge in [-0.25, -0.2) is 13.2 Å². The molecule has 7 heteroatoms. The lowest BCUT2D eigenvalue weighted by atomic mass is 10.2. The van der Waals surface area contributed by atoms with Crippen molar-refractivity contribution >= 4 is 17.5 Å². The first kappa shape index (κ1) is 18.0. The monoisotopic (exact) mass is 316 g/mol. The summed E-state index contributed by atoms with van der Waals surface area (Å²) in [4.78, 5) is 25.2. The number of carbonyl (C=O) groups excluding carboxylic acids is 2. The van der Waals surface area contributed by atoms with Crippen LogP contribution in [0.1, 0.15) is 27.2 Å². The van der Waals surface area contributed by atoms with E-state index in [-0.39, 0.29) is 18.4 Å². The molecule has 0 aliphatic heterocycles. The molecule has 0 bridgehead atoms. The Balaban J connectivity index is 2.80. The van der Waals surface area contributed by atoms with Crippen molar-refractivity contribution in [3.05, 3.63) is 29.6 Å². The molecule has 0 atom stereocenters. The van der Waals surface area contributed by atoms with Crippen molar-refractivity contribution in [3.63, 3.8) is 0 Å². The van der Waals surface area contributed by atoms with E-state index in [0.29, 0.717) is 13.0 Å². The molecule has 0 saturated heterocycles. The Hall–Kier alpha value is -2.05. The first-order valence-corrected chi connectivity index (χ1v) is 7.00. The molecule has 0 fully saturated rings. The topological polar surface area (TPSA) is 49.4 Å². The van der Waals surface area contributed by atoms with Crippen LogP contribution in [0, 0.1) is 23.4 Å². The van der Waals surface area contributed by atoms with E-state index >= 15 is 0 Å². The number of amides is 2. The van der Waals surface area contributed by atoms with E-state index in [1.165, 1.54) is 4.90 Å². The van der Waals surface area contributed by atoms with Gasteiger partial charge in [0.25, 0.3) is 0 Å². The number of carbonyl (C=O) groups is 2. The van der Waals surface area contributed by atoms with Crippen LogP contribution >= 0.6 is 0 Å². The predicted molar refractivity (Wildman–Crippen MR) is 76.7 cm³/mol. The Labute approximate surface area is 127 Å². The highest BCUT2D eigenvalue weighted by Crippen LogP contribution is 2.19. The Morgan fingerprint density at radius 1 is 1.18 bits per heavy atom. The van der Waals surface area contributed by atoms with Crippen LogP contribution in [0.2, 0.25) is 0 Å². The molecule has 1 rings (SSSR count). The minimum absolute atomic E-state index is 0.206. The highest BCUT2D eigenvalue weighted by Gasteiger charge is 2.21. The van der Waals surface area contributed by atoms with Gasteiger partial charge in [0.05, 0.1) is 12.2 Å². The average molecular weight is 316 g/mol. The molecule has 2 amide bonds. The lowest BCUT2D eigenvalue weighted by molar-refractivity contribution is -0.137. The Morgan fingerprint density at radius 3 is 2.36 bits per heavy atom. The van der Waals surface area contributed by atoms with E-state index in [2.05, 4.69) is 5.32 Å². The minimum Gasteiger partial charge on any atom is -0.333 e. The van der Waals surface area contributed by atoms with Crippen LogP contribution in [0.5, 0.6) is 0 Å². The van der Waals surface area contributed by atoms with Gasteiger partial charge in [-0.2, -0.15) is 0 Å². The first-order valence-electron chi connectivity index (χ1n) is 7.00. The van der Waals surface area contributed by atoms with Crippen molar-refractivity contribution in [2.45, 2.75) is 27.2 Å². The van der Waals surface area contributed by atoms with Crippen LogP contribution in [0.25, 0.3) is 0 Å². The van der Waals surface area contributed by atoms with Crippen LogP contribution in [0.15, 0.2) is 12.1 Å². The van der Waals surface area contributed by atoms with Crippen molar-refractivity contribution in [2.75, 3.05) is 18.4 Å². The third-order valence-electron chi connectivity index (χ3n) is 2.94. The molecule has 0 aliphatic rings. The van der Waals surface area contributed by atoms with Gasteiger partial charge in [0.2, 0.25) is 11.8 Å². The molecule has 0 heterocycles. The maximum Gasteiger partial charge on any atom is 0.244 e. The molecule has 0 aromatic heterocycles. The van der Waals surface area contributed by atoms with Crippen molar-refractivity contribution in [1.82, 2.24) is 4.90 Å². The first-order chi connectivity index (χ1) is 10.3. The van der Waals surface area contributed by atoms with Gasteiger partial charge in [0.1, 0.15) is 0 Å². The minimum atomic E-state index is -1.65. The van der Waals surface area contributed by atoms with Gasteiger partial charge in [-0.1, -0.05) is 20.8 Å². The summed E-state index contributed by atoms with van der Waals surface area (Å²) < 4.78 is 39.4. The molecule has 0 aliphatic carbocycles. The maximum absolute atomic E-state index is 13.5. The number of nitrogens with zero attached hydrogens (tertiary/aromatic N) is 1. The van der Waals surface area contributed by atoms with Gasteiger partial charge in [-0.3, -0.25) is 9.59 Å². The second kappa shape index (κ2) is 7.82. The summed E-state index contributed by atoms with van der Waals surface area (Å²) >= 11 is 0. The zero-order valence-corrected chi connectivity index (χ0v) is 12.8. The van der Waals surface area contributed by atoms with Crippen molar-refractivity contribution < 1.29 is 22.8 Å².